The maximum atomic E-state index is 14.2. The predicted octanol–water partition coefficient (Wildman–Crippen LogP) is 7.10. The number of aromatic nitrogens is 4. The van der Waals surface area contributed by atoms with Gasteiger partial charge in [-0.1, -0.05) is 70.2 Å². The lowest BCUT2D eigenvalue weighted by molar-refractivity contribution is -0.144. The average Bonchev–Trinajstić information content (AvgIpc) is 3.97. The number of nitrogens with zero attached hydrogens (tertiary/aromatic N) is 5. The molecule has 6 aromatic rings. The highest BCUT2D eigenvalue weighted by Crippen LogP contribution is 2.30. The number of aryl methyl sites for hydroxylation is 2. The van der Waals surface area contributed by atoms with E-state index in [0.717, 1.165) is 27.3 Å². The second-order valence-corrected chi connectivity index (χ2v) is 19.7. The molecule has 3 aromatic heterocycles. The summed E-state index contributed by atoms with van der Waals surface area (Å²) in [5, 5.41) is 22.4. The number of hydrogen-bond donors (Lipinski definition) is 5. The molecule has 7 rings (SSSR count). The van der Waals surface area contributed by atoms with Gasteiger partial charge in [-0.05, 0) is 91.6 Å². The van der Waals surface area contributed by atoms with E-state index in [2.05, 4.69) is 31.2 Å². The number of rotatable bonds is 18. The number of aliphatic hydroxyl groups excluding tert-OH is 1. The number of unbranched alkanes of at least 4 members (excludes halogenated alkanes) is 1. The number of pyridine rings is 1. The van der Waals surface area contributed by atoms with E-state index < -0.39 is 29.5 Å². The second-order valence-electron chi connectivity index (χ2n) is 18.9. The van der Waals surface area contributed by atoms with Crippen molar-refractivity contribution in [3.63, 3.8) is 0 Å². The van der Waals surface area contributed by atoms with Gasteiger partial charge in [0.1, 0.15) is 17.8 Å². The number of thiazole rings is 1. The van der Waals surface area contributed by atoms with Crippen molar-refractivity contribution in [2.45, 2.75) is 117 Å². The number of hydrogen-bond acceptors (Lipinski definition) is 11. The summed E-state index contributed by atoms with van der Waals surface area (Å²) >= 11 is 1.56. The second kappa shape index (κ2) is 22.5. The Kier molecular flexibility index (Phi) is 16.3. The third-order valence-corrected chi connectivity index (χ3v) is 13.4. The normalized spacial score (nSPS) is 15.6. The lowest BCUT2D eigenvalue weighted by Gasteiger charge is -2.35. The summed E-state index contributed by atoms with van der Waals surface area (Å²) in [6.07, 6.45) is 4.16. The van der Waals surface area contributed by atoms with Crippen molar-refractivity contribution in [2.24, 2.45) is 5.41 Å². The molecule has 1 saturated heterocycles. The van der Waals surface area contributed by atoms with Crippen LogP contribution in [0.1, 0.15) is 106 Å². The summed E-state index contributed by atoms with van der Waals surface area (Å²) in [7, 11) is 0. The van der Waals surface area contributed by atoms with Gasteiger partial charge in [-0.15, -0.1) is 11.3 Å². The maximum absolute atomic E-state index is 14.2. The van der Waals surface area contributed by atoms with E-state index in [0.29, 0.717) is 60.2 Å². The number of β-amino-alcohol motifs (C(OH)–C–C–N with tert-alkyl or cyclic N) is 1. The first kappa shape index (κ1) is 50.8. The number of aliphatic hydroxyl groups is 1. The molecule has 16 nitrogen and oxygen atoms in total. The van der Waals surface area contributed by atoms with Crippen LogP contribution in [0.15, 0.2) is 102 Å². The minimum Gasteiger partial charge on any atom is -0.391 e. The molecule has 5 N–H and O–H groups in total. The Bertz CT molecular complexity index is 2900. The van der Waals surface area contributed by atoms with Gasteiger partial charge in [0.25, 0.3) is 11.5 Å². The third kappa shape index (κ3) is 12.4. The molecule has 1 aliphatic heterocycles. The van der Waals surface area contributed by atoms with Gasteiger partial charge in [0.05, 0.1) is 39.3 Å². The van der Waals surface area contributed by atoms with E-state index in [1.807, 2.05) is 77.4 Å². The highest BCUT2D eigenvalue weighted by molar-refractivity contribution is 7.13. The van der Waals surface area contributed by atoms with Gasteiger partial charge in [0.15, 0.2) is 0 Å². The standard InChI is InChI=1S/C53H61N9O7S/c1-7-25-61-42-26-39(22-23-41(42)59-46(51(61)68)36-16-20-38(21-17-36)49(66)55-29-34-11-10-24-54-28-34)58-44(64)12-8-9-13-45(65)60-48(53(4,5)6)52(69)62-30-40(63)27-43(62)50(67)57-32(2)35-14-18-37(19-15-35)47-33(3)56-31-70-47/h10-11,14-24,26,28,31-32,40,43,48,63H,7-9,12-13,25,27,29-30H2,1-6H3,(H,55,66)(H,57,67)(H,58,64)(H,60,65)/t32-,40+,43-,48+/m0/s1. The Morgan fingerprint density at radius 2 is 1.63 bits per heavy atom. The van der Waals surface area contributed by atoms with Crippen molar-refractivity contribution < 1.29 is 29.1 Å². The summed E-state index contributed by atoms with van der Waals surface area (Å²) in [4.78, 5) is 96.6. The minimum absolute atomic E-state index is 0.0386. The summed E-state index contributed by atoms with van der Waals surface area (Å²) in [5.74, 6) is -1.73. The molecule has 1 fully saturated rings. The van der Waals surface area contributed by atoms with Crippen LogP contribution in [0.25, 0.3) is 32.7 Å². The average molecular weight is 968 g/mol. The van der Waals surface area contributed by atoms with Gasteiger partial charge >= 0.3 is 0 Å². The van der Waals surface area contributed by atoms with E-state index in [4.69, 9.17) is 4.98 Å². The summed E-state index contributed by atoms with van der Waals surface area (Å²) in [6.45, 7) is 12.0. The summed E-state index contributed by atoms with van der Waals surface area (Å²) in [5.41, 5.74) is 7.41. The molecule has 0 spiro atoms. The van der Waals surface area contributed by atoms with E-state index in [-0.39, 0.29) is 66.7 Å². The molecule has 0 unspecified atom stereocenters. The zero-order chi connectivity index (χ0) is 50.1. The summed E-state index contributed by atoms with van der Waals surface area (Å²) < 4.78 is 1.64. The molecule has 4 atom stereocenters. The van der Waals surface area contributed by atoms with Crippen LogP contribution < -0.4 is 26.8 Å². The highest BCUT2D eigenvalue weighted by Gasteiger charge is 2.44. The molecule has 0 bridgehead atoms. The van der Waals surface area contributed by atoms with Gasteiger partial charge < -0.3 is 35.8 Å². The topological polar surface area (TPSA) is 218 Å². The number of fused-ring (bicyclic) bond motifs is 1. The largest absolute Gasteiger partial charge is 0.391 e. The minimum atomic E-state index is -0.977. The number of nitrogens with one attached hydrogen (secondary N) is 4. The number of anilines is 1. The Morgan fingerprint density at radius 3 is 2.29 bits per heavy atom. The van der Waals surface area contributed by atoms with Crippen LogP contribution in [0.4, 0.5) is 5.69 Å². The van der Waals surface area contributed by atoms with Crippen molar-refractivity contribution in [1.29, 1.82) is 0 Å². The number of benzene rings is 3. The first-order valence-electron chi connectivity index (χ1n) is 23.7. The molecule has 4 heterocycles. The van der Waals surface area contributed by atoms with E-state index in [1.54, 1.807) is 76.8 Å². The van der Waals surface area contributed by atoms with Crippen molar-refractivity contribution in [3.05, 3.63) is 130 Å². The molecule has 5 amide bonds. The van der Waals surface area contributed by atoms with Crippen LogP contribution in [0.2, 0.25) is 0 Å². The zero-order valence-corrected chi connectivity index (χ0v) is 41.3. The zero-order valence-electron chi connectivity index (χ0n) is 40.5. The molecule has 3 aromatic carbocycles. The monoisotopic (exact) mass is 967 g/mol. The number of carbonyl (C=O) groups excluding carboxylic acids is 5. The fourth-order valence-electron chi connectivity index (χ4n) is 8.56. The molecule has 17 heteroatoms. The predicted molar refractivity (Wildman–Crippen MR) is 271 cm³/mol. The highest BCUT2D eigenvalue weighted by atomic mass is 32.1. The van der Waals surface area contributed by atoms with Crippen molar-refractivity contribution in [1.82, 2.24) is 40.4 Å². The lowest BCUT2D eigenvalue weighted by Crippen LogP contribution is -2.57. The van der Waals surface area contributed by atoms with Crippen LogP contribution in [-0.4, -0.2) is 83.8 Å². The molecule has 70 heavy (non-hydrogen) atoms. The van der Waals surface area contributed by atoms with Crippen molar-refractivity contribution in [2.75, 3.05) is 11.9 Å². The Hall–Kier alpha value is -7.11. The van der Waals surface area contributed by atoms with Crippen molar-refractivity contribution in [3.8, 4) is 21.7 Å². The SMILES string of the molecule is CCCn1c(=O)c(-c2ccc(C(=O)NCc3cccnc3)cc2)nc2ccc(NC(=O)CCCCC(=O)N[C@H](C(=O)N3C[C@H](O)C[C@H]3C(=O)N[C@@H](C)c3ccc(-c4scnc4C)cc3)C(C)(C)C)cc21. The van der Waals surface area contributed by atoms with Gasteiger partial charge in [0, 0.05) is 68.1 Å². The van der Waals surface area contributed by atoms with Crippen LogP contribution in [0.3, 0.4) is 0 Å². The Morgan fingerprint density at radius 1 is 0.914 bits per heavy atom. The fraction of sp³-hybridized carbons (Fsp3) is 0.377. The molecular formula is C53H61N9O7S. The van der Waals surface area contributed by atoms with Crippen LogP contribution >= 0.6 is 11.3 Å². The molecule has 0 aliphatic carbocycles. The number of amides is 5. The fourth-order valence-corrected chi connectivity index (χ4v) is 9.37. The lowest BCUT2D eigenvalue weighted by atomic mass is 9.85. The molecule has 366 valence electrons. The Labute approximate surface area is 411 Å². The quantitative estimate of drug-likeness (QED) is 0.0551. The van der Waals surface area contributed by atoms with E-state index >= 15 is 0 Å². The number of likely N-dealkylation sites (tertiary alicyclic amines) is 1. The maximum Gasteiger partial charge on any atom is 0.277 e. The van der Waals surface area contributed by atoms with Gasteiger partial charge in [0.2, 0.25) is 23.6 Å². The first-order chi connectivity index (χ1) is 33.5. The van der Waals surface area contributed by atoms with Gasteiger partial charge in [-0.25, -0.2) is 9.97 Å². The molecule has 0 radical (unpaired) electrons. The molecule has 1 aliphatic rings. The first-order valence-corrected chi connectivity index (χ1v) is 24.6. The molecular weight excluding hydrogens is 907 g/mol. The van der Waals surface area contributed by atoms with Crippen LogP contribution in [-0.2, 0) is 32.3 Å². The van der Waals surface area contributed by atoms with Crippen molar-refractivity contribution >= 4 is 57.6 Å². The van der Waals surface area contributed by atoms with Gasteiger partial charge in [-0.3, -0.25) is 33.8 Å². The number of carbonyl (C=O) groups is 5. The van der Waals surface area contributed by atoms with E-state index in [9.17, 15) is 33.9 Å². The van der Waals surface area contributed by atoms with Gasteiger partial charge in [-0.2, -0.15) is 0 Å². The summed E-state index contributed by atoms with van der Waals surface area (Å²) in [6, 6.07) is 21.2. The van der Waals surface area contributed by atoms with E-state index in [1.165, 1.54) is 4.90 Å². The Balaban J connectivity index is 0.910. The van der Waals surface area contributed by atoms with Crippen LogP contribution in [0.5, 0.6) is 0 Å². The van der Waals surface area contributed by atoms with Crippen LogP contribution in [0, 0.1) is 12.3 Å². The third-order valence-electron chi connectivity index (χ3n) is 12.4. The smallest absolute Gasteiger partial charge is 0.277 e. The molecule has 0 saturated carbocycles.